The van der Waals surface area contributed by atoms with Crippen LogP contribution in [0, 0.1) is 0 Å². The maximum atomic E-state index is 11.5. The molecule has 1 atom stereocenters. The van der Waals surface area contributed by atoms with Gasteiger partial charge < -0.3 is 15.3 Å². The van der Waals surface area contributed by atoms with Crippen LogP contribution in [0.25, 0.3) is 0 Å². The van der Waals surface area contributed by atoms with Crippen LogP contribution < -0.4 is 5.32 Å². The summed E-state index contributed by atoms with van der Waals surface area (Å²) in [6.45, 7) is 1.22. The first-order valence-corrected chi connectivity index (χ1v) is 6.50. The van der Waals surface area contributed by atoms with Crippen LogP contribution in [0.15, 0.2) is 0 Å². The fourth-order valence-corrected chi connectivity index (χ4v) is 1.53. The number of amides is 2. The number of carbonyl (C=O) groups is 3. The maximum Gasteiger partial charge on any atom is 0.326 e. The summed E-state index contributed by atoms with van der Waals surface area (Å²) in [5.41, 5.74) is 0. The third kappa shape index (κ3) is 6.83. The lowest BCUT2D eigenvalue weighted by atomic mass is 10.2. The largest absolute Gasteiger partial charge is 0.480 e. The Morgan fingerprint density at radius 2 is 2.00 bits per heavy atom. The molecule has 0 aliphatic heterocycles. The normalized spacial score (nSPS) is 11.7. The van der Waals surface area contributed by atoms with Crippen LogP contribution in [0.1, 0.15) is 13.3 Å². The van der Waals surface area contributed by atoms with Gasteiger partial charge >= 0.3 is 5.97 Å². The second kappa shape index (κ2) is 7.94. The highest BCUT2D eigenvalue weighted by molar-refractivity contribution is 7.98. The number of likely N-dealkylation sites (N-methyl/N-ethyl adjacent to an activating group) is 1. The minimum Gasteiger partial charge on any atom is -0.480 e. The highest BCUT2D eigenvalue weighted by Crippen LogP contribution is 2.01. The van der Waals surface area contributed by atoms with Gasteiger partial charge in [-0.05, 0) is 18.4 Å². The molecular weight excluding hydrogens is 244 g/mol. The summed E-state index contributed by atoms with van der Waals surface area (Å²) < 4.78 is 0. The van der Waals surface area contributed by atoms with Gasteiger partial charge in [0.2, 0.25) is 11.8 Å². The van der Waals surface area contributed by atoms with E-state index in [9.17, 15) is 14.4 Å². The van der Waals surface area contributed by atoms with Crippen molar-refractivity contribution in [2.24, 2.45) is 0 Å². The Bertz CT molecular complexity index is 296. The lowest BCUT2D eigenvalue weighted by Crippen LogP contribution is -2.45. The van der Waals surface area contributed by atoms with Crippen molar-refractivity contribution in [1.29, 1.82) is 0 Å². The van der Waals surface area contributed by atoms with E-state index in [1.54, 1.807) is 0 Å². The Morgan fingerprint density at radius 3 is 2.41 bits per heavy atom. The van der Waals surface area contributed by atoms with Crippen LogP contribution >= 0.6 is 11.8 Å². The Labute approximate surface area is 105 Å². The van der Waals surface area contributed by atoms with Gasteiger partial charge in [0.15, 0.2) is 0 Å². The average Bonchev–Trinajstić information content (AvgIpc) is 2.23. The molecule has 0 aliphatic carbocycles. The molecule has 2 amide bonds. The van der Waals surface area contributed by atoms with Gasteiger partial charge in [-0.3, -0.25) is 9.59 Å². The van der Waals surface area contributed by atoms with Gasteiger partial charge in [0.05, 0.1) is 6.54 Å². The van der Waals surface area contributed by atoms with E-state index < -0.39 is 17.9 Å². The lowest BCUT2D eigenvalue weighted by molar-refractivity contribution is -0.142. The molecule has 0 bridgehead atoms. The van der Waals surface area contributed by atoms with Gasteiger partial charge in [-0.15, -0.1) is 0 Å². The second-order valence-corrected chi connectivity index (χ2v) is 4.60. The van der Waals surface area contributed by atoms with Crippen molar-refractivity contribution >= 4 is 29.5 Å². The van der Waals surface area contributed by atoms with Gasteiger partial charge in [-0.2, -0.15) is 11.8 Å². The maximum absolute atomic E-state index is 11.5. The topological polar surface area (TPSA) is 86.7 Å². The van der Waals surface area contributed by atoms with E-state index in [1.165, 1.54) is 30.6 Å². The van der Waals surface area contributed by atoms with Crippen LogP contribution in [0.4, 0.5) is 0 Å². The van der Waals surface area contributed by atoms with E-state index in [1.807, 2.05) is 6.26 Å². The molecule has 17 heavy (non-hydrogen) atoms. The molecule has 7 heteroatoms. The number of carboxylic acid groups (broad SMARTS) is 1. The fourth-order valence-electron chi connectivity index (χ4n) is 1.06. The minimum atomic E-state index is -1.06. The molecule has 6 nitrogen and oxygen atoms in total. The van der Waals surface area contributed by atoms with Crippen LogP contribution in [-0.2, 0) is 14.4 Å². The molecule has 0 rings (SSSR count). The van der Waals surface area contributed by atoms with Gasteiger partial charge in [0, 0.05) is 14.0 Å². The molecule has 0 spiro atoms. The van der Waals surface area contributed by atoms with E-state index >= 15 is 0 Å². The summed E-state index contributed by atoms with van der Waals surface area (Å²) >= 11 is 1.51. The number of rotatable bonds is 7. The van der Waals surface area contributed by atoms with E-state index in [0.717, 1.165) is 0 Å². The Kier molecular flexibility index (Phi) is 7.36. The predicted molar refractivity (Wildman–Crippen MR) is 65.9 cm³/mol. The summed E-state index contributed by atoms with van der Waals surface area (Å²) in [4.78, 5) is 34.4. The number of hydrogen-bond acceptors (Lipinski definition) is 4. The Hall–Kier alpha value is -1.24. The van der Waals surface area contributed by atoms with Gasteiger partial charge in [-0.25, -0.2) is 4.79 Å². The van der Waals surface area contributed by atoms with Gasteiger partial charge in [0.1, 0.15) is 6.04 Å². The van der Waals surface area contributed by atoms with Gasteiger partial charge in [-0.1, -0.05) is 0 Å². The summed E-state index contributed by atoms with van der Waals surface area (Å²) in [7, 11) is 1.49. The van der Waals surface area contributed by atoms with Crippen LogP contribution in [0.5, 0.6) is 0 Å². The zero-order valence-electron chi connectivity index (χ0n) is 10.2. The van der Waals surface area contributed by atoms with Gasteiger partial charge in [0.25, 0.3) is 0 Å². The van der Waals surface area contributed by atoms with Crippen molar-refractivity contribution in [3.63, 3.8) is 0 Å². The number of nitrogens with zero attached hydrogens (tertiary/aromatic N) is 1. The first kappa shape index (κ1) is 15.8. The summed E-state index contributed by atoms with van der Waals surface area (Å²) in [5, 5.41) is 11.3. The first-order valence-electron chi connectivity index (χ1n) is 5.11. The zero-order chi connectivity index (χ0) is 13.4. The second-order valence-electron chi connectivity index (χ2n) is 3.61. The summed E-state index contributed by atoms with van der Waals surface area (Å²) in [5.74, 6) is -1.11. The van der Waals surface area contributed by atoms with Crippen LogP contribution in [0.3, 0.4) is 0 Å². The number of carbonyl (C=O) groups excluding carboxylic acids is 2. The Morgan fingerprint density at radius 1 is 1.41 bits per heavy atom. The molecule has 0 aromatic heterocycles. The first-order chi connectivity index (χ1) is 7.88. The van der Waals surface area contributed by atoms with Crippen molar-refractivity contribution < 1.29 is 19.5 Å². The molecule has 0 fully saturated rings. The number of nitrogens with one attached hydrogen (secondary N) is 1. The van der Waals surface area contributed by atoms with E-state index in [0.29, 0.717) is 12.2 Å². The molecule has 0 saturated carbocycles. The molecule has 0 radical (unpaired) electrons. The highest BCUT2D eigenvalue weighted by Gasteiger charge is 2.20. The van der Waals surface area contributed by atoms with Crippen molar-refractivity contribution in [2.75, 3.05) is 25.6 Å². The van der Waals surface area contributed by atoms with Crippen molar-refractivity contribution in [2.45, 2.75) is 19.4 Å². The molecule has 2 N–H and O–H groups in total. The van der Waals surface area contributed by atoms with Crippen LogP contribution in [-0.4, -0.2) is 59.4 Å². The van der Waals surface area contributed by atoms with Crippen molar-refractivity contribution in [3.8, 4) is 0 Å². The summed E-state index contributed by atoms with van der Waals surface area (Å²) in [6.07, 6.45) is 2.23. The number of aliphatic carboxylic acids is 1. The zero-order valence-corrected chi connectivity index (χ0v) is 11.0. The number of thioether (sulfide) groups is 1. The molecule has 98 valence electrons. The molecule has 0 heterocycles. The smallest absolute Gasteiger partial charge is 0.326 e. The van der Waals surface area contributed by atoms with Crippen molar-refractivity contribution in [3.05, 3.63) is 0 Å². The molecule has 0 aromatic rings. The minimum absolute atomic E-state index is 0.127. The third-order valence-corrected chi connectivity index (χ3v) is 2.81. The average molecular weight is 262 g/mol. The quantitative estimate of drug-likeness (QED) is 0.663. The molecular formula is C10H18N2O4S. The van der Waals surface area contributed by atoms with Crippen LogP contribution in [0.2, 0.25) is 0 Å². The van der Waals surface area contributed by atoms with Crippen molar-refractivity contribution in [1.82, 2.24) is 10.2 Å². The molecule has 0 aromatic carbocycles. The fraction of sp³-hybridized carbons (Fsp3) is 0.700. The number of carboxylic acids is 1. The highest BCUT2D eigenvalue weighted by atomic mass is 32.2. The molecule has 1 unspecified atom stereocenters. The van der Waals surface area contributed by atoms with E-state index in [4.69, 9.17) is 5.11 Å². The Balaban J connectivity index is 4.21. The lowest BCUT2D eigenvalue weighted by Gasteiger charge is -2.17. The standard InChI is InChI=1S/C10H18N2O4S/c1-7(13)12(2)6-9(14)11-8(10(15)16)4-5-17-3/h8H,4-6H2,1-3H3,(H,11,14)(H,15,16). The third-order valence-electron chi connectivity index (χ3n) is 2.16. The molecule has 0 aliphatic rings. The summed E-state index contributed by atoms with van der Waals surface area (Å²) in [6, 6.07) is -0.893. The predicted octanol–water partition coefficient (Wildman–Crippen LogP) is -0.213. The number of hydrogen-bond donors (Lipinski definition) is 2. The van der Waals surface area contributed by atoms with E-state index in [2.05, 4.69) is 5.32 Å². The molecule has 0 saturated heterocycles. The SMILES string of the molecule is CSCCC(NC(=O)CN(C)C(C)=O)C(=O)O. The van der Waals surface area contributed by atoms with E-state index in [-0.39, 0.29) is 12.5 Å². The monoisotopic (exact) mass is 262 g/mol.